The number of ketones is 1. The van der Waals surface area contributed by atoms with Gasteiger partial charge in [-0.2, -0.15) is 13.2 Å². The number of rotatable bonds is 7. The minimum atomic E-state index is -4.45. The second-order valence-electron chi connectivity index (χ2n) is 5.93. The number of carbonyl (C=O) groups is 1. The maximum Gasteiger partial charge on any atom is 0.416 e. The topological polar surface area (TPSA) is 20.3 Å². The summed E-state index contributed by atoms with van der Waals surface area (Å²) in [6.07, 6.45) is -2.64. The number of Topliss-reactive ketones (excluding diaryl/α,β-unsaturated/α-hetero) is 1. The first-order chi connectivity index (χ1) is 12.3. The molecule has 0 fully saturated rings. The molecule has 5 heteroatoms. The molecule has 0 bridgehead atoms. The Hall–Kier alpha value is -2.56. The van der Waals surface area contributed by atoms with Gasteiger partial charge < -0.3 is 4.90 Å². The molecule has 0 atom stereocenters. The van der Waals surface area contributed by atoms with E-state index >= 15 is 0 Å². The number of hydrogen-bond donors (Lipinski definition) is 0. The number of allylic oxidation sites excluding steroid dienone is 1. The van der Waals surface area contributed by atoms with Crippen molar-refractivity contribution in [3.05, 3.63) is 77.5 Å². The van der Waals surface area contributed by atoms with Crippen molar-refractivity contribution < 1.29 is 18.0 Å². The summed E-state index contributed by atoms with van der Waals surface area (Å²) in [5.41, 5.74) is 0.652. The van der Waals surface area contributed by atoms with E-state index in [0.29, 0.717) is 18.7 Å². The third kappa shape index (κ3) is 5.22. The summed E-state index contributed by atoms with van der Waals surface area (Å²) >= 11 is 0. The van der Waals surface area contributed by atoms with E-state index in [9.17, 15) is 18.0 Å². The van der Waals surface area contributed by atoms with Crippen molar-refractivity contribution in [1.82, 2.24) is 4.90 Å². The lowest BCUT2D eigenvalue weighted by molar-refractivity contribution is -0.137. The fourth-order valence-corrected chi connectivity index (χ4v) is 2.64. The highest BCUT2D eigenvalue weighted by atomic mass is 19.4. The van der Waals surface area contributed by atoms with Crippen LogP contribution in [-0.2, 0) is 17.4 Å². The molecule has 0 amide bonds. The van der Waals surface area contributed by atoms with Gasteiger partial charge in [0.15, 0.2) is 5.78 Å². The average molecular weight is 361 g/mol. The predicted molar refractivity (Wildman–Crippen MR) is 97.5 cm³/mol. The van der Waals surface area contributed by atoms with Gasteiger partial charge in [0.25, 0.3) is 0 Å². The van der Waals surface area contributed by atoms with Crippen LogP contribution in [0, 0.1) is 0 Å². The number of halogens is 3. The predicted octanol–water partition coefficient (Wildman–Crippen LogP) is 5.20. The largest absolute Gasteiger partial charge is 0.416 e. The van der Waals surface area contributed by atoms with Gasteiger partial charge in [-0.15, -0.1) is 0 Å². The molecule has 0 aliphatic carbocycles. The molecule has 2 rings (SSSR count). The van der Waals surface area contributed by atoms with Crippen LogP contribution < -0.4 is 0 Å². The van der Waals surface area contributed by atoms with E-state index in [2.05, 4.69) is 0 Å². The molecule has 0 saturated heterocycles. The van der Waals surface area contributed by atoms with Gasteiger partial charge in [0.05, 0.1) is 5.56 Å². The first-order valence-corrected chi connectivity index (χ1v) is 8.55. The maximum atomic E-state index is 13.1. The molecular formula is C21H22F3NO. The molecule has 2 aromatic carbocycles. The number of hydrogen-bond acceptors (Lipinski definition) is 2. The molecule has 0 N–H and O–H groups in total. The van der Waals surface area contributed by atoms with E-state index in [0.717, 1.165) is 17.7 Å². The minimum absolute atomic E-state index is 0.143. The summed E-state index contributed by atoms with van der Waals surface area (Å²) < 4.78 is 39.2. The molecular weight excluding hydrogens is 339 g/mol. The molecule has 0 aliphatic heterocycles. The van der Waals surface area contributed by atoms with E-state index in [4.69, 9.17) is 0 Å². The monoisotopic (exact) mass is 361 g/mol. The Morgan fingerprint density at radius 2 is 1.65 bits per heavy atom. The Balaban J connectivity index is 2.43. The molecule has 2 nitrogen and oxygen atoms in total. The van der Waals surface area contributed by atoms with Gasteiger partial charge in [0.1, 0.15) is 0 Å². The molecule has 26 heavy (non-hydrogen) atoms. The molecule has 0 aliphatic rings. The Kier molecular flexibility index (Phi) is 6.61. The molecule has 0 spiro atoms. The number of benzene rings is 2. The van der Waals surface area contributed by atoms with Gasteiger partial charge in [0.2, 0.25) is 0 Å². The molecule has 0 aromatic heterocycles. The van der Waals surface area contributed by atoms with E-state index in [-0.39, 0.29) is 17.8 Å². The second kappa shape index (κ2) is 8.70. The first kappa shape index (κ1) is 19.8. The zero-order chi connectivity index (χ0) is 19.2. The van der Waals surface area contributed by atoms with Crippen LogP contribution in [0.4, 0.5) is 13.2 Å². The SMILES string of the molecule is CCN(C=C(C(=O)Cc1ccccc1)c1cccc(C(F)(F)F)c1)CC. The van der Waals surface area contributed by atoms with Crippen LogP contribution in [0.1, 0.15) is 30.5 Å². The minimum Gasteiger partial charge on any atom is -0.377 e. The van der Waals surface area contributed by atoms with Crippen molar-refractivity contribution in [2.24, 2.45) is 0 Å². The maximum absolute atomic E-state index is 13.1. The summed E-state index contributed by atoms with van der Waals surface area (Å²) in [7, 11) is 0. The third-order valence-electron chi connectivity index (χ3n) is 4.13. The van der Waals surface area contributed by atoms with E-state index in [1.165, 1.54) is 6.07 Å². The van der Waals surface area contributed by atoms with Crippen molar-refractivity contribution >= 4 is 11.4 Å². The average Bonchev–Trinajstić information content (AvgIpc) is 2.63. The van der Waals surface area contributed by atoms with Crippen LogP contribution in [-0.4, -0.2) is 23.8 Å². The fraction of sp³-hybridized carbons (Fsp3) is 0.286. The van der Waals surface area contributed by atoms with E-state index in [1.807, 2.05) is 49.1 Å². The summed E-state index contributed by atoms with van der Waals surface area (Å²) in [6.45, 7) is 5.20. The molecule has 138 valence electrons. The summed E-state index contributed by atoms with van der Waals surface area (Å²) in [5.74, 6) is -0.206. The van der Waals surface area contributed by atoms with Gasteiger partial charge in [-0.1, -0.05) is 42.5 Å². The first-order valence-electron chi connectivity index (χ1n) is 8.55. The highest BCUT2D eigenvalue weighted by Gasteiger charge is 2.31. The van der Waals surface area contributed by atoms with E-state index < -0.39 is 11.7 Å². The zero-order valence-corrected chi connectivity index (χ0v) is 14.9. The molecule has 0 saturated carbocycles. The van der Waals surface area contributed by atoms with Crippen molar-refractivity contribution in [1.29, 1.82) is 0 Å². The van der Waals surface area contributed by atoms with Gasteiger partial charge in [-0.05, 0) is 37.1 Å². The van der Waals surface area contributed by atoms with E-state index in [1.54, 1.807) is 12.3 Å². The number of nitrogens with zero attached hydrogens (tertiary/aromatic N) is 1. The van der Waals surface area contributed by atoms with Crippen molar-refractivity contribution in [2.75, 3.05) is 13.1 Å². The lowest BCUT2D eigenvalue weighted by atomic mass is 9.96. The van der Waals surface area contributed by atoms with Crippen molar-refractivity contribution in [3.8, 4) is 0 Å². The van der Waals surface area contributed by atoms with Crippen LogP contribution in [0.3, 0.4) is 0 Å². The summed E-state index contributed by atoms with van der Waals surface area (Å²) in [4.78, 5) is 14.8. The van der Waals surface area contributed by atoms with Crippen LogP contribution in [0.25, 0.3) is 5.57 Å². The molecule has 0 unspecified atom stereocenters. The van der Waals surface area contributed by atoms with Gasteiger partial charge in [0, 0.05) is 31.3 Å². The molecule has 0 heterocycles. The van der Waals surface area contributed by atoms with Crippen molar-refractivity contribution in [2.45, 2.75) is 26.4 Å². The Bertz CT molecular complexity index is 762. The number of carbonyl (C=O) groups excluding carboxylic acids is 1. The highest BCUT2D eigenvalue weighted by Crippen LogP contribution is 2.31. The lowest BCUT2D eigenvalue weighted by Crippen LogP contribution is -2.19. The lowest BCUT2D eigenvalue weighted by Gasteiger charge is -2.19. The second-order valence-corrected chi connectivity index (χ2v) is 5.93. The van der Waals surface area contributed by atoms with Gasteiger partial charge in [-0.25, -0.2) is 0 Å². The van der Waals surface area contributed by atoms with Crippen LogP contribution in [0.5, 0.6) is 0 Å². The normalized spacial score (nSPS) is 12.1. The van der Waals surface area contributed by atoms with Crippen LogP contribution in [0.2, 0.25) is 0 Å². The highest BCUT2D eigenvalue weighted by molar-refractivity contribution is 6.21. The standard InChI is InChI=1S/C21H22F3NO/c1-3-25(4-2)15-19(20(26)13-16-9-6-5-7-10-16)17-11-8-12-18(14-17)21(22,23)24/h5-12,14-15H,3-4,13H2,1-2H3. The fourth-order valence-electron chi connectivity index (χ4n) is 2.64. The Morgan fingerprint density at radius 3 is 2.23 bits per heavy atom. The van der Waals surface area contributed by atoms with Crippen LogP contribution in [0.15, 0.2) is 60.8 Å². The van der Waals surface area contributed by atoms with Gasteiger partial charge >= 0.3 is 6.18 Å². The van der Waals surface area contributed by atoms with Crippen LogP contribution >= 0.6 is 0 Å². The summed E-state index contributed by atoms with van der Waals surface area (Å²) in [6, 6.07) is 14.1. The Labute approximate surface area is 152 Å². The summed E-state index contributed by atoms with van der Waals surface area (Å²) in [5, 5.41) is 0. The quantitative estimate of drug-likeness (QED) is 0.632. The van der Waals surface area contributed by atoms with Gasteiger partial charge in [-0.3, -0.25) is 4.79 Å². The Morgan fingerprint density at radius 1 is 1.00 bits per heavy atom. The third-order valence-corrected chi connectivity index (χ3v) is 4.13. The molecule has 2 aromatic rings. The molecule has 0 radical (unpaired) electrons. The zero-order valence-electron chi connectivity index (χ0n) is 14.9. The number of alkyl halides is 3. The van der Waals surface area contributed by atoms with Crippen molar-refractivity contribution in [3.63, 3.8) is 0 Å². The smallest absolute Gasteiger partial charge is 0.377 e.